The van der Waals surface area contributed by atoms with Gasteiger partial charge in [0, 0.05) is 6.54 Å². The second kappa shape index (κ2) is 6.12. The van der Waals surface area contributed by atoms with E-state index in [0.717, 1.165) is 18.7 Å². The number of benzene rings is 1. The first kappa shape index (κ1) is 12.5. The molecule has 0 heterocycles. The van der Waals surface area contributed by atoms with Crippen LogP contribution in [0.1, 0.15) is 18.4 Å². The van der Waals surface area contributed by atoms with E-state index in [-0.39, 0.29) is 11.8 Å². The summed E-state index contributed by atoms with van der Waals surface area (Å²) in [4.78, 5) is 2.13. The molecule has 0 bridgehead atoms. The summed E-state index contributed by atoms with van der Waals surface area (Å²) in [7, 11) is 2.01. The minimum absolute atomic E-state index is 0.0591. The predicted octanol–water partition coefficient (Wildman–Crippen LogP) is 1.47. The SMILES string of the molecule is CCN(C)CC(C(N)=NO)c1ccccc1. The number of likely N-dealkylation sites (N-methyl/N-ethyl adjacent to an activating group) is 1. The molecule has 1 unspecified atom stereocenters. The van der Waals surface area contributed by atoms with Crippen LogP contribution in [0, 0.1) is 0 Å². The lowest BCUT2D eigenvalue weighted by Gasteiger charge is -2.22. The van der Waals surface area contributed by atoms with Gasteiger partial charge in [-0.2, -0.15) is 0 Å². The van der Waals surface area contributed by atoms with Crippen LogP contribution >= 0.6 is 0 Å². The maximum absolute atomic E-state index is 8.80. The zero-order chi connectivity index (χ0) is 12.0. The second-order valence-electron chi connectivity index (χ2n) is 3.84. The summed E-state index contributed by atoms with van der Waals surface area (Å²) in [6.07, 6.45) is 0. The van der Waals surface area contributed by atoms with Crippen molar-refractivity contribution in [2.24, 2.45) is 10.9 Å². The van der Waals surface area contributed by atoms with Gasteiger partial charge in [0.05, 0.1) is 5.92 Å². The number of hydrogen-bond donors (Lipinski definition) is 2. The highest BCUT2D eigenvalue weighted by molar-refractivity contribution is 5.87. The van der Waals surface area contributed by atoms with Gasteiger partial charge < -0.3 is 15.8 Å². The van der Waals surface area contributed by atoms with Crippen LogP contribution in [0.4, 0.5) is 0 Å². The topological polar surface area (TPSA) is 61.8 Å². The Labute approximate surface area is 96.4 Å². The van der Waals surface area contributed by atoms with Crippen molar-refractivity contribution in [1.29, 1.82) is 0 Å². The minimum atomic E-state index is -0.0591. The molecule has 1 aromatic rings. The van der Waals surface area contributed by atoms with E-state index >= 15 is 0 Å². The summed E-state index contributed by atoms with van der Waals surface area (Å²) in [6, 6.07) is 9.85. The number of amidine groups is 1. The van der Waals surface area contributed by atoms with Gasteiger partial charge in [-0.05, 0) is 19.2 Å². The molecule has 0 saturated heterocycles. The molecule has 1 rings (SSSR count). The lowest BCUT2D eigenvalue weighted by atomic mass is 9.97. The average Bonchev–Trinajstić information content (AvgIpc) is 2.35. The molecule has 4 heteroatoms. The predicted molar refractivity (Wildman–Crippen MR) is 65.8 cm³/mol. The first-order chi connectivity index (χ1) is 7.69. The lowest BCUT2D eigenvalue weighted by Crippen LogP contribution is -2.32. The summed E-state index contributed by atoms with van der Waals surface area (Å²) in [5.74, 6) is 0.197. The van der Waals surface area contributed by atoms with Crippen LogP contribution in [0.3, 0.4) is 0 Å². The Morgan fingerprint density at radius 2 is 2.06 bits per heavy atom. The Morgan fingerprint density at radius 1 is 1.44 bits per heavy atom. The standard InChI is InChI=1S/C12H19N3O/c1-3-15(2)9-11(12(13)14-16)10-7-5-4-6-8-10/h4-8,11,16H,3,9H2,1-2H3,(H2,13,14). The maximum Gasteiger partial charge on any atom is 0.147 e. The number of nitrogens with two attached hydrogens (primary N) is 1. The zero-order valence-electron chi connectivity index (χ0n) is 9.80. The van der Waals surface area contributed by atoms with E-state index in [1.165, 1.54) is 0 Å². The first-order valence-electron chi connectivity index (χ1n) is 5.40. The van der Waals surface area contributed by atoms with Crippen molar-refractivity contribution >= 4 is 5.84 Å². The van der Waals surface area contributed by atoms with E-state index in [0.29, 0.717) is 0 Å². The zero-order valence-corrected chi connectivity index (χ0v) is 9.80. The average molecular weight is 221 g/mol. The molecule has 3 N–H and O–H groups in total. The molecule has 0 spiro atoms. The molecule has 0 aliphatic rings. The highest BCUT2D eigenvalue weighted by Gasteiger charge is 2.17. The van der Waals surface area contributed by atoms with E-state index in [1.807, 2.05) is 37.4 Å². The number of nitrogens with zero attached hydrogens (tertiary/aromatic N) is 2. The van der Waals surface area contributed by atoms with Crippen molar-refractivity contribution in [1.82, 2.24) is 4.90 Å². The van der Waals surface area contributed by atoms with Gasteiger partial charge in [0.2, 0.25) is 0 Å². The van der Waals surface area contributed by atoms with E-state index in [4.69, 9.17) is 10.9 Å². The third kappa shape index (κ3) is 3.24. The van der Waals surface area contributed by atoms with Crippen LogP contribution in [0.5, 0.6) is 0 Å². The smallest absolute Gasteiger partial charge is 0.147 e. The number of rotatable bonds is 5. The summed E-state index contributed by atoms with van der Waals surface area (Å²) >= 11 is 0. The van der Waals surface area contributed by atoms with Crippen molar-refractivity contribution in [3.05, 3.63) is 35.9 Å². The second-order valence-corrected chi connectivity index (χ2v) is 3.84. The summed E-state index contributed by atoms with van der Waals surface area (Å²) < 4.78 is 0. The molecule has 1 aromatic carbocycles. The Morgan fingerprint density at radius 3 is 2.56 bits per heavy atom. The van der Waals surface area contributed by atoms with Crippen LogP contribution in [-0.4, -0.2) is 36.1 Å². The Bertz CT molecular complexity index is 337. The van der Waals surface area contributed by atoms with E-state index in [9.17, 15) is 0 Å². The van der Waals surface area contributed by atoms with Gasteiger partial charge in [0.1, 0.15) is 5.84 Å². The lowest BCUT2D eigenvalue weighted by molar-refractivity contribution is 0.308. The Balaban J connectivity index is 2.88. The fourth-order valence-corrected chi connectivity index (χ4v) is 1.57. The monoisotopic (exact) mass is 221 g/mol. The first-order valence-corrected chi connectivity index (χ1v) is 5.40. The molecule has 0 saturated carbocycles. The Kier molecular flexibility index (Phi) is 4.79. The van der Waals surface area contributed by atoms with Gasteiger partial charge in [-0.1, -0.05) is 42.4 Å². The van der Waals surface area contributed by atoms with Crippen LogP contribution in [-0.2, 0) is 0 Å². The Hall–Kier alpha value is -1.55. The fraction of sp³-hybridized carbons (Fsp3) is 0.417. The fourth-order valence-electron chi connectivity index (χ4n) is 1.57. The van der Waals surface area contributed by atoms with Crippen LogP contribution in [0.2, 0.25) is 0 Å². The maximum atomic E-state index is 8.80. The van der Waals surface area contributed by atoms with Gasteiger partial charge in [-0.3, -0.25) is 0 Å². The van der Waals surface area contributed by atoms with E-state index in [2.05, 4.69) is 17.0 Å². The minimum Gasteiger partial charge on any atom is -0.409 e. The van der Waals surface area contributed by atoms with Gasteiger partial charge in [0.25, 0.3) is 0 Å². The molecule has 0 aliphatic carbocycles. The molecule has 0 amide bonds. The van der Waals surface area contributed by atoms with Crippen molar-refractivity contribution in [2.45, 2.75) is 12.8 Å². The number of hydrogen-bond acceptors (Lipinski definition) is 3. The quantitative estimate of drug-likeness (QED) is 0.342. The third-order valence-electron chi connectivity index (χ3n) is 2.71. The van der Waals surface area contributed by atoms with Crippen molar-refractivity contribution in [2.75, 3.05) is 20.1 Å². The summed E-state index contributed by atoms with van der Waals surface area (Å²) in [5, 5.41) is 11.9. The van der Waals surface area contributed by atoms with Crippen molar-refractivity contribution in [3.63, 3.8) is 0 Å². The molecule has 0 fully saturated rings. The van der Waals surface area contributed by atoms with E-state index in [1.54, 1.807) is 0 Å². The summed E-state index contributed by atoms with van der Waals surface area (Å²) in [6.45, 7) is 3.76. The molecular formula is C12H19N3O. The molecular weight excluding hydrogens is 202 g/mol. The van der Waals surface area contributed by atoms with Gasteiger partial charge in [-0.25, -0.2) is 0 Å². The van der Waals surface area contributed by atoms with E-state index < -0.39 is 0 Å². The van der Waals surface area contributed by atoms with Crippen molar-refractivity contribution < 1.29 is 5.21 Å². The normalized spacial score (nSPS) is 14.1. The summed E-state index contributed by atoms with van der Waals surface area (Å²) in [5.41, 5.74) is 6.79. The highest BCUT2D eigenvalue weighted by atomic mass is 16.4. The van der Waals surface area contributed by atoms with Gasteiger partial charge in [0.15, 0.2) is 0 Å². The molecule has 1 atom stereocenters. The van der Waals surface area contributed by atoms with Crippen LogP contribution in [0.15, 0.2) is 35.5 Å². The molecule has 88 valence electrons. The molecule has 0 aromatic heterocycles. The van der Waals surface area contributed by atoms with Gasteiger partial charge in [-0.15, -0.1) is 0 Å². The third-order valence-corrected chi connectivity index (χ3v) is 2.71. The van der Waals surface area contributed by atoms with Crippen LogP contribution < -0.4 is 5.73 Å². The van der Waals surface area contributed by atoms with Crippen LogP contribution in [0.25, 0.3) is 0 Å². The van der Waals surface area contributed by atoms with Crippen molar-refractivity contribution in [3.8, 4) is 0 Å². The molecule has 0 aliphatic heterocycles. The highest BCUT2D eigenvalue weighted by Crippen LogP contribution is 2.16. The molecule has 16 heavy (non-hydrogen) atoms. The largest absolute Gasteiger partial charge is 0.409 e. The molecule has 0 radical (unpaired) electrons. The number of oxime groups is 1. The molecule has 4 nitrogen and oxygen atoms in total. The van der Waals surface area contributed by atoms with Gasteiger partial charge >= 0.3 is 0 Å².